The Labute approximate surface area is 201 Å². The number of nitrogens with one attached hydrogen (secondary N) is 2. The van der Waals surface area contributed by atoms with Gasteiger partial charge in [0.25, 0.3) is 5.91 Å². The van der Waals surface area contributed by atoms with Crippen LogP contribution in [-0.4, -0.2) is 58.9 Å². The summed E-state index contributed by atoms with van der Waals surface area (Å²) in [4.78, 5) is 33.6. The van der Waals surface area contributed by atoms with Crippen LogP contribution < -0.4 is 10.6 Å². The van der Waals surface area contributed by atoms with E-state index in [1.807, 2.05) is 30.9 Å². The van der Waals surface area contributed by atoms with Gasteiger partial charge in [-0.3, -0.25) is 14.7 Å². The lowest BCUT2D eigenvalue weighted by molar-refractivity contribution is 0.0970. The van der Waals surface area contributed by atoms with E-state index >= 15 is 0 Å². The van der Waals surface area contributed by atoms with E-state index < -0.39 is 0 Å². The molecule has 0 aliphatic carbocycles. The lowest BCUT2D eigenvalue weighted by Gasteiger charge is -2.40. The van der Waals surface area contributed by atoms with Gasteiger partial charge >= 0.3 is 6.03 Å². The maximum atomic E-state index is 12.7. The van der Waals surface area contributed by atoms with Crippen LogP contribution >= 0.6 is 11.6 Å². The molecular formula is C25H34ClN5O2. The average molecular weight is 472 g/mol. The highest BCUT2D eigenvalue weighted by Crippen LogP contribution is 2.27. The molecule has 1 unspecified atom stereocenters. The van der Waals surface area contributed by atoms with Gasteiger partial charge in [-0.15, -0.1) is 0 Å². The Morgan fingerprint density at radius 2 is 1.97 bits per heavy atom. The maximum Gasteiger partial charge on any atom is 0.317 e. The number of amides is 3. The molecule has 7 nitrogen and oxygen atoms in total. The third kappa shape index (κ3) is 6.68. The number of nitrogens with zero attached hydrogens (tertiary/aromatic N) is 3. The SMILES string of the molecule is Cc1ccc(C(=O)Nc2cc(Cl)cc(CN3CCN(C(=O)NCC(C)C)C(C)C3)c2C)cn1. The van der Waals surface area contributed by atoms with Gasteiger partial charge in [0.05, 0.1) is 5.56 Å². The summed E-state index contributed by atoms with van der Waals surface area (Å²) in [5.41, 5.74) is 4.10. The molecule has 2 N–H and O–H groups in total. The zero-order valence-corrected chi connectivity index (χ0v) is 20.9. The predicted molar refractivity (Wildman–Crippen MR) is 133 cm³/mol. The highest BCUT2D eigenvalue weighted by Gasteiger charge is 2.27. The fourth-order valence-corrected chi connectivity index (χ4v) is 4.18. The molecule has 1 aliphatic heterocycles. The highest BCUT2D eigenvalue weighted by atomic mass is 35.5. The minimum Gasteiger partial charge on any atom is -0.338 e. The number of carbonyl (C=O) groups is 2. The fourth-order valence-electron chi connectivity index (χ4n) is 3.94. The van der Waals surface area contributed by atoms with Crippen molar-refractivity contribution >= 4 is 29.2 Å². The van der Waals surface area contributed by atoms with Gasteiger partial charge in [-0.1, -0.05) is 25.4 Å². The van der Waals surface area contributed by atoms with Crippen molar-refractivity contribution < 1.29 is 9.59 Å². The van der Waals surface area contributed by atoms with E-state index in [1.165, 1.54) is 0 Å². The summed E-state index contributed by atoms with van der Waals surface area (Å²) in [7, 11) is 0. The van der Waals surface area contributed by atoms with Gasteiger partial charge in [0.15, 0.2) is 0 Å². The number of pyridine rings is 1. The number of rotatable bonds is 6. The second kappa shape index (κ2) is 11.0. The molecule has 0 bridgehead atoms. The van der Waals surface area contributed by atoms with Gasteiger partial charge < -0.3 is 15.5 Å². The van der Waals surface area contributed by atoms with Crippen molar-refractivity contribution in [1.29, 1.82) is 0 Å². The molecule has 3 rings (SSSR count). The number of aromatic nitrogens is 1. The van der Waals surface area contributed by atoms with E-state index in [-0.39, 0.29) is 18.0 Å². The number of benzene rings is 1. The van der Waals surface area contributed by atoms with Crippen molar-refractivity contribution in [2.75, 3.05) is 31.5 Å². The van der Waals surface area contributed by atoms with Crippen LogP contribution in [0.3, 0.4) is 0 Å². The summed E-state index contributed by atoms with van der Waals surface area (Å²) < 4.78 is 0. The number of carbonyl (C=O) groups excluding carboxylic acids is 2. The van der Waals surface area contributed by atoms with Crippen LogP contribution in [0, 0.1) is 19.8 Å². The molecule has 0 saturated carbocycles. The molecule has 3 amide bonds. The minimum absolute atomic E-state index is 0.00498. The summed E-state index contributed by atoms with van der Waals surface area (Å²) in [6, 6.07) is 7.42. The molecule has 1 saturated heterocycles. The number of aryl methyl sites for hydroxylation is 1. The molecule has 1 aliphatic rings. The van der Waals surface area contributed by atoms with E-state index in [9.17, 15) is 9.59 Å². The van der Waals surface area contributed by atoms with Crippen LogP contribution in [0.25, 0.3) is 0 Å². The van der Waals surface area contributed by atoms with E-state index in [2.05, 4.69) is 41.3 Å². The monoisotopic (exact) mass is 471 g/mol. The van der Waals surface area contributed by atoms with E-state index in [0.717, 1.165) is 29.9 Å². The van der Waals surface area contributed by atoms with Crippen LogP contribution in [-0.2, 0) is 6.54 Å². The first-order valence-corrected chi connectivity index (χ1v) is 11.8. The lowest BCUT2D eigenvalue weighted by Crippen LogP contribution is -2.56. The molecule has 0 radical (unpaired) electrons. The largest absolute Gasteiger partial charge is 0.338 e. The maximum absolute atomic E-state index is 12.7. The highest BCUT2D eigenvalue weighted by molar-refractivity contribution is 6.31. The Balaban J connectivity index is 1.66. The van der Waals surface area contributed by atoms with E-state index in [1.54, 1.807) is 18.3 Å². The summed E-state index contributed by atoms with van der Waals surface area (Å²) in [5.74, 6) is 0.210. The number of hydrogen-bond donors (Lipinski definition) is 2. The molecule has 178 valence electrons. The smallest absolute Gasteiger partial charge is 0.317 e. The van der Waals surface area contributed by atoms with Crippen molar-refractivity contribution in [1.82, 2.24) is 20.1 Å². The van der Waals surface area contributed by atoms with Gasteiger partial charge in [0.1, 0.15) is 0 Å². The Morgan fingerprint density at radius 3 is 2.61 bits per heavy atom. The van der Waals surface area contributed by atoms with Crippen molar-refractivity contribution in [2.24, 2.45) is 5.92 Å². The molecule has 1 atom stereocenters. The number of hydrogen-bond acceptors (Lipinski definition) is 4. The van der Waals surface area contributed by atoms with Gasteiger partial charge in [-0.25, -0.2) is 4.79 Å². The third-order valence-electron chi connectivity index (χ3n) is 5.93. The summed E-state index contributed by atoms with van der Waals surface area (Å²) >= 11 is 6.40. The standard InChI is InChI=1S/C25H34ClN5O2/c1-16(2)12-28-25(33)31-9-8-30(14-18(31)4)15-21-10-22(26)11-23(19(21)5)29-24(32)20-7-6-17(3)27-13-20/h6-7,10-11,13,16,18H,8-9,12,14-15H2,1-5H3,(H,28,33)(H,29,32). The average Bonchev–Trinajstić information content (AvgIpc) is 2.75. The normalized spacial score (nSPS) is 16.7. The van der Waals surface area contributed by atoms with Crippen LogP contribution in [0.4, 0.5) is 10.5 Å². The second-order valence-electron chi connectivity index (χ2n) is 9.24. The molecule has 1 aromatic heterocycles. The number of urea groups is 1. The Hall–Kier alpha value is -2.64. The summed E-state index contributed by atoms with van der Waals surface area (Å²) in [5, 5.41) is 6.56. The first-order valence-electron chi connectivity index (χ1n) is 11.4. The lowest BCUT2D eigenvalue weighted by atomic mass is 10.0. The number of halogens is 1. The van der Waals surface area contributed by atoms with Crippen molar-refractivity contribution in [3.8, 4) is 0 Å². The van der Waals surface area contributed by atoms with E-state index in [4.69, 9.17) is 11.6 Å². The minimum atomic E-state index is -0.214. The second-order valence-corrected chi connectivity index (χ2v) is 9.67. The van der Waals surface area contributed by atoms with E-state index in [0.29, 0.717) is 41.8 Å². The topological polar surface area (TPSA) is 77.6 Å². The van der Waals surface area contributed by atoms with Crippen LogP contribution in [0.1, 0.15) is 48.0 Å². The first kappa shape index (κ1) is 25.0. The molecule has 0 spiro atoms. The predicted octanol–water partition coefficient (Wildman–Crippen LogP) is 4.48. The van der Waals surface area contributed by atoms with Gasteiger partial charge in [0, 0.05) is 61.4 Å². The molecule has 1 aromatic carbocycles. The number of piperazine rings is 1. The molecule has 2 heterocycles. The quantitative estimate of drug-likeness (QED) is 0.651. The number of anilines is 1. The Bertz CT molecular complexity index is 993. The van der Waals surface area contributed by atoms with Crippen LogP contribution in [0.5, 0.6) is 0 Å². The van der Waals surface area contributed by atoms with Crippen LogP contribution in [0.15, 0.2) is 30.5 Å². The fraction of sp³-hybridized carbons (Fsp3) is 0.480. The third-order valence-corrected chi connectivity index (χ3v) is 6.15. The van der Waals surface area contributed by atoms with Gasteiger partial charge in [-0.2, -0.15) is 0 Å². The Morgan fingerprint density at radius 1 is 1.21 bits per heavy atom. The first-order chi connectivity index (χ1) is 15.6. The molecule has 2 aromatic rings. The van der Waals surface area contributed by atoms with Crippen LogP contribution in [0.2, 0.25) is 5.02 Å². The van der Waals surface area contributed by atoms with Crippen molar-refractivity contribution in [3.05, 3.63) is 57.9 Å². The Kier molecular flexibility index (Phi) is 8.32. The molecule has 1 fully saturated rings. The molecular weight excluding hydrogens is 438 g/mol. The van der Waals surface area contributed by atoms with Crippen molar-refractivity contribution in [2.45, 2.75) is 47.2 Å². The van der Waals surface area contributed by atoms with Crippen molar-refractivity contribution in [3.63, 3.8) is 0 Å². The zero-order valence-electron chi connectivity index (χ0n) is 20.1. The van der Waals surface area contributed by atoms with Gasteiger partial charge in [0.2, 0.25) is 0 Å². The van der Waals surface area contributed by atoms with Gasteiger partial charge in [-0.05, 0) is 62.1 Å². The molecule has 8 heteroatoms. The summed E-state index contributed by atoms with van der Waals surface area (Å²) in [6.45, 7) is 13.7. The summed E-state index contributed by atoms with van der Waals surface area (Å²) in [6.07, 6.45) is 1.57. The molecule has 33 heavy (non-hydrogen) atoms. The zero-order chi connectivity index (χ0) is 24.1.